The van der Waals surface area contributed by atoms with E-state index in [9.17, 15) is 0 Å². The molecule has 0 unspecified atom stereocenters. The molecule has 1 aliphatic rings. The van der Waals surface area contributed by atoms with Crippen molar-refractivity contribution >= 4 is 0 Å². The molecule has 1 aliphatic heterocycles. The second-order valence-corrected chi connectivity index (χ2v) is 6.41. The number of nitrogens with zero attached hydrogens (tertiary/aromatic N) is 2. The summed E-state index contributed by atoms with van der Waals surface area (Å²) in [6, 6.07) is 0. The molecule has 6 heteroatoms. The van der Waals surface area contributed by atoms with Crippen molar-refractivity contribution in [3.05, 3.63) is 18.7 Å². The Morgan fingerprint density at radius 3 is 2.86 bits per heavy atom. The number of methoxy groups -OCH3 is 1. The van der Waals surface area contributed by atoms with Crippen LogP contribution in [0.1, 0.15) is 33.6 Å². The summed E-state index contributed by atoms with van der Waals surface area (Å²) in [7, 11) is 1.66. The Bertz CT molecular complexity index is 422. The van der Waals surface area contributed by atoms with Crippen molar-refractivity contribution in [2.75, 3.05) is 20.2 Å². The van der Waals surface area contributed by atoms with Gasteiger partial charge in [0, 0.05) is 38.5 Å². The van der Waals surface area contributed by atoms with Crippen molar-refractivity contribution in [3.63, 3.8) is 0 Å². The molecular weight excluding hydrogens is 270 g/mol. The lowest BCUT2D eigenvalue weighted by molar-refractivity contribution is -0.493. The number of ether oxygens (including phenoxy) is 1. The van der Waals surface area contributed by atoms with Gasteiger partial charge in [0.05, 0.1) is 11.9 Å². The van der Waals surface area contributed by atoms with Gasteiger partial charge in [-0.2, -0.15) is 0 Å². The van der Waals surface area contributed by atoms with Crippen LogP contribution in [0.25, 0.3) is 0 Å². The molecule has 0 aromatic carbocycles. The molecule has 0 saturated carbocycles. The van der Waals surface area contributed by atoms with Gasteiger partial charge >= 0.3 is 0 Å². The number of aryl methyl sites for hydroxylation is 1. The smallest absolute Gasteiger partial charge is 0.202 e. The van der Waals surface area contributed by atoms with Crippen LogP contribution in [0.4, 0.5) is 0 Å². The van der Waals surface area contributed by atoms with Crippen molar-refractivity contribution < 1.29 is 14.5 Å². The summed E-state index contributed by atoms with van der Waals surface area (Å²) < 4.78 is 7.59. The highest BCUT2D eigenvalue weighted by Gasteiger charge is 2.46. The number of nitrogens with one attached hydrogen (secondary N) is 1. The first kappa shape index (κ1) is 16.4. The Labute approximate surface area is 126 Å². The molecule has 0 amide bonds. The van der Waals surface area contributed by atoms with E-state index in [1.54, 1.807) is 13.3 Å². The van der Waals surface area contributed by atoms with Crippen LogP contribution < -0.4 is 5.32 Å². The third-order valence-corrected chi connectivity index (χ3v) is 4.04. The standard InChI is InChI=1S/C15H27N3O3/c1-14(2)10-13(15(3,19-4)21-20-14)11-16-6-5-8-18-9-7-17-12-18/h7,9,12-13,16H,5-6,8,10-11H2,1-4H3/t13-,15-/m0/s1. The summed E-state index contributed by atoms with van der Waals surface area (Å²) in [5, 5.41) is 3.50. The minimum absolute atomic E-state index is 0.250. The zero-order chi connectivity index (χ0) is 15.3. The van der Waals surface area contributed by atoms with Crippen molar-refractivity contribution in [2.24, 2.45) is 5.92 Å². The number of imidazole rings is 1. The van der Waals surface area contributed by atoms with Crippen LogP contribution in [-0.4, -0.2) is 41.1 Å². The molecule has 120 valence electrons. The molecule has 2 atom stereocenters. The molecule has 2 heterocycles. The number of aromatic nitrogens is 2. The van der Waals surface area contributed by atoms with E-state index in [0.29, 0.717) is 0 Å². The first-order valence-electron chi connectivity index (χ1n) is 7.54. The molecule has 2 rings (SSSR count). The average Bonchev–Trinajstić information content (AvgIpc) is 2.95. The van der Waals surface area contributed by atoms with Gasteiger partial charge in [-0.05, 0) is 40.2 Å². The highest BCUT2D eigenvalue weighted by Crippen LogP contribution is 2.37. The zero-order valence-corrected chi connectivity index (χ0v) is 13.5. The van der Waals surface area contributed by atoms with Crippen molar-refractivity contribution in [2.45, 2.75) is 51.5 Å². The fourth-order valence-electron chi connectivity index (χ4n) is 2.62. The zero-order valence-electron chi connectivity index (χ0n) is 13.5. The molecule has 1 aromatic heterocycles. The van der Waals surface area contributed by atoms with Crippen LogP contribution in [0, 0.1) is 5.92 Å². The van der Waals surface area contributed by atoms with E-state index in [1.807, 2.05) is 33.3 Å². The SMILES string of the molecule is CO[C@@]1(C)OOC(C)(C)C[C@H]1CNCCCn1ccnc1. The van der Waals surface area contributed by atoms with E-state index in [0.717, 1.165) is 32.5 Å². The highest BCUT2D eigenvalue weighted by molar-refractivity contribution is 4.86. The lowest BCUT2D eigenvalue weighted by Crippen LogP contribution is -2.53. The van der Waals surface area contributed by atoms with Gasteiger partial charge in [-0.25, -0.2) is 14.8 Å². The minimum Gasteiger partial charge on any atom is -0.351 e. The first-order chi connectivity index (χ1) is 9.95. The predicted molar refractivity (Wildman–Crippen MR) is 79.5 cm³/mol. The van der Waals surface area contributed by atoms with Crippen LogP contribution in [0.15, 0.2) is 18.7 Å². The second kappa shape index (κ2) is 6.87. The van der Waals surface area contributed by atoms with Crippen LogP contribution >= 0.6 is 0 Å². The summed E-state index contributed by atoms with van der Waals surface area (Å²) in [6.07, 6.45) is 7.59. The largest absolute Gasteiger partial charge is 0.351 e. The number of rotatable bonds is 7. The molecule has 1 saturated heterocycles. The quantitative estimate of drug-likeness (QED) is 0.616. The Morgan fingerprint density at radius 1 is 1.38 bits per heavy atom. The summed E-state index contributed by atoms with van der Waals surface area (Å²) in [4.78, 5) is 14.9. The minimum atomic E-state index is -0.688. The van der Waals surface area contributed by atoms with Crippen molar-refractivity contribution in [1.29, 1.82) is 0 Å². The Hall–Kier alpha value is -0.950. The summed E-state index contributed by atoms with van der Waals surface area (Å²) >= 11 is 0. The predicted octanol–water partition coefficient (Wildman–Crippen LogP) is 1.97. The van der Waals surface area contributed by atoms with Gasteiger partial charge in [-0.15, -0.1) is 0 Å². The molecule has 1 fully saturated rings. The Morgan fingerprint density at radius 2 is 2.19 bits per heavy atom. The molecule has 6 nitrogen and oxygen atoms in total. The Kier molecular flexibility index (Phi) is 5.37. The molecule has 21 heavy (non-hydrogen) atoms. The lowest BCUT2D eigenvalue weighted by atomic mass is 9.86. The van der Waals surface area contributed by atoms with Gasteiger partial charge in [0.25, 0.3) is 0 Å². The number of hydrogen-bond acceptors (Lipinski definition) is 5. The van der Waals surface area contributed by atoms with Gasteiger partial charge in [0.1, 0.15) is 0 Å². The van der Waals surface area contributed by atoms with Crippen LogP contribution in [0.5, 0.6) is 0 Å². The van der Waals surface area contributed by atoms with Gasteiger partial charge in [-0.3, -0.25) is 0 Å². The lowest BCUT2D eigenvalue weighted by Gasteiger charge is -2.44. The molecule has 0 aliphatic carbocycles. The molecule has 0 bridgehead atoms. The van der Waals surface area contributed by atoms with E-state index >= 15 is 0 Å². The van der Waals surface area contributed by atoms with Crippen LogP contribution in [-0.2, 0) is 21.1 Å². The molecular formula is C15H27N3O3. The topological polar surface area (TPSA) is 57.5 Å². The monoisotopic (exact) mass is 297 g/mol. The van der Waals surface area contributed by atoms with E-state index in [-0.39, 0.29) is 11.5 Å². The van der Waals surface area contributed by atoms with E-state index < -0.39 is 5.79 Å². The number of hydrogen-bond donors (Lipinski definition) is 1. The third-order valence-electron chi connectivity index (χ3n) is 4.04. The third kappa shape index (κ3) is 4.51. The average molecular weight is 297 g/mol. The maximum absolute atomic E-state index is 5.50. The maximum atomic E-state index is 5.50. The fraction of sp³-hybridized carbons (Fsp3) is 0.800. The van der Waals surface area contributed by atoms with Crippen LogP contribution in [0.3, 0.4) is 0 Å². The molecule has 1 aromatic rings. The van der Waals surface area contributed by atoms with Gasteiger partial charge in [0.2, 0.25) is 5.79 Å². The van der Waals surface area contributed by atoms with Gasteiger partial charge < -0.3 is 14.6 Å². The molecule has 1 N–H and O–H groups in total. The first-order valence-corrected chi connectivity index (χ1v) is 7.54. The normalized spacial score (nSPS) is 28.7. The summed E-state index contributed by atoms with van der Waals surface area (Å²) in [6.45, 7) is 8.78. The van der Waals surface area contributed by atoms with Crippen molar-refractivity contribution in [1.82, 2.24) is 14.9 Å². The molecule has 0 spiro atoms. The second-order valence-electron chi connectivity index (χ2n) is 6.41. The highest BCUT2D eigenvalue weighted by atomic mass is 17.2. The van der Waals surface area contributed by atoms with Crippen molar-refractivity contribution in [3.8, 4) is 0 Å². The maximum Gasteiger partial charge on any atom is 0.202 e. The van der Waals surface area contributed by atoms with Gasteiger partial charge in [0.15, 0.2) is 0 Å². The summed E-state index contributed by atoms with van der Waals surface area (Å²) in [5.41, 5.74) is -0.277. The Balaban J connectivity index is 1.74. The van der Waals surface area contributed by atoms with E-state index in [4.69, 9.17) is 14.5 Å². The van der Waals surface area contributed by atoms with Crippen LogP contribution in [0.2, 0.25) is 0 Å². The summed E-state index contributed by atoms with van der Waals surface area (Å²) in [5.74, 6) is -0.438. The van der Waals surface area contributed by atoms with Gasteiger partial charge in [-0.1, -0.05) is 0 Å². The fourth-order valence-corrected chi connectivity index (χ4v) is 2.62. The van der Waals surface area contributed by atoms with E-state index in [2.05, 4.69) is 14.9 Å². The molecule has 0 radical (unpaired) electrons. The van der Waals surface area contributed by atoms with E-state index in [1.165, 1.54) is 0 Å².